The summed E-state index contributed by atoms with van der Waals surface area (Å²) in [6.07, 6.45) is 8.52. The molecular formula is C14H16N2. The number of rotatable bonds is 5. The van der Waals surface area contributed by atoms with Gasteiger partial charge in [-0.25, -0.2) is 0 Å². The molecule has 1 rings (SSSR count). The van der Waals surface area contributed by atoms with Gasteiger partial charge in [-0.3, -0.25) is 0 Å². The van der Waals surface area contributed by atoms with E-state index in [9.17, 15) is 0 Å². The lowest BCUT2D eigenvalue weighted by Gasteiger charge is -2.20. The topological polar surface area (TPSA) is 27.1 Å². The van der Waals surface area contributed by atoms with Gasteiger partial charge in [0.2, 0.25) is 0 Å². The molecule has 1 aromatic rings. The summed E-state index contributed by atoms with van der Waals surface area (Å²) in [7, 11) is 1.97. The molecule has 0 aromatic heterocycles. The van der Waals surface area contributed by atoms with Crippen molar-refractivity contribution in [3.63, 3.8) is 0 Å². The van der Waals surface area contributed by atoms with E-state index in [2.05, 4.69) is 6.58 Å². The van der Waals surface area contributed by atoms with E-state index in [0.29, 0.717) is 0 Å². The molecule has 1 aromatic carbocycles. The molecule has 0 aliphatic heterocycles. The molecule has 0 fully saturated rings. The summed E-state index contributed by atoms with van der Waals surface area (Å²) in [5.74, 6) is 0. The molecule has 0 saturated carbocycles. The summed E-state index contributed by atoms with van der Waals surface area (Å²) in [5.41, 5.74) is 2.03. The lowest BCUT2D eigenvalue weighted by molar-refractivity contribution is 1.14. The second-order valence-corrected chi connectivity index (χ2v) is 3.25. The highest BCUT2D eigenvalue weighted by atomic mass is 15.1. The predicted octanol–water partition coefficient (Wildman–Crippen LogP) is 3.40. The van der Waals surface area contributed by atoms with Gasteiger partial charge in [-0.05, 0) is 24.3 Å². The SMILES string of the molecule is C=C/C=C\C(=C/C=N)N(C)c1ccccc1. The quantitative estimate of drug-likeness (QED) is 0.587. The Hall–Kier alpha value is -2.09. The molecule has 0 unspecified atom stereocenters. The molecule has 16 heavy (non-hydrogen) atoms. The molecule has 1 N–H and O–H groups in total. The van der Waals surface area contributed by atoms with Crippen LogP contribution in [0.2, 0.25) is 0 Å². The number of likely N-dealkylation sites (N-methyl/N-ethyl adjacent to an activating group) is 1. The first-order chi connectivity index (χ1) is 7.79. The second-order valence-electron chi connectivity index (χ2n) is 3.25. The molecule has 0 heterocycles. The molecule has 0 amide bonds. The summed E-state index contributed by atoms with van der Waals surface area (Å²) in [6.45, 7) is 3.64. The minimum absolute atomic E-state index is 0.945. The van der Waals surface area contributed by atoms with Crippen molar-refractivity contribution in [3.8, 4) is 0 Å². The fourth-order valence-corrected chi connectivity index (χ4v) is 1.33. The highest BCUT2D eigenvalue weighted by molar-refractivity contribution is 5.72. The number of hydrogen-bond donors (Lipinski definition) is 1. The van der Waals surface area contributed by atoms with Crippen molar-refractivity contribution in [1.29, 1.82) is 5.41 Å². The zero-order valence-electron chi connectivity index (χ0n) is 9.43. The largest absolute Gasteiger partial charge is 0.345 e. The number of nitrogens with one attached hydrogen (secondary N) is 1. The van der Waals surface area contributed by atoms with Crippen LogP contribution < -0.4 is 4.90 Å². The molecule has 2 nitrogen and oxygen atoms in total. The van der Waals surface area contributed by atoms with E-state index in [0.717, 1.165) is 11.4 Å². The van der Waals surface area contributed by atoms with Gasteiger partial charge in [0.05, 0.1) is 0 Å². The number of nitrogens with zero attached hydrogens (tertiary/aromatic N) is 1. The molecule has 0 radical (unpaired) electrons. The molecule has 0 bridgehead atoms. The van der Waals surface area contributed by atoms with E-state index < -0.39 is 0 Å². The van der Waals surface area contributed by atoms with Crippen molar-refractivity contribution in [3.05, 3.63) is 66.9 Å². The van der Waals surface area contributed by atoms with Crippen LogP contribution in [0.15, 0.2) is 66.9 Å². The number of benzene rings is 1. The second kappa shape index (κ2) is 6.40. The third-order valence-corrected chi connectivity index (χ3v) is 2.19. The van der Waals surface area contributed by atoms with Gasteiger partial charge in [0.15, 0.2) is 0 Å². The summed E-state index contributed by atoms with van der Waals surface area (Å²) in [6, 6.07) is 10.0. The third-order valence-electron chi connectivity index (χ3n) is 2.19. The summed E-state index contributed by atoms with van der Waals surface area (Å²) >= 11 is 0. The van der Waals surface area contributed by atoms with Gasteiger partial charge >= 0.3 is 0 Å². The first-order valence-electron chi connectivity index (χ1n) is 5.08. The van der Waals surface area contributed by atoms with Gasteiger partial charge in [0.1, 0.15) is 0 Å². The van der Waals surface area contributed by atoms with Crippen LogP contribution in [-0.4, -0.2) is 13.3 Å². The van der Waals surface area contributed by atoms with Gasteiger partial charge in [0, 0.05) is 24.6 Å². The highest BCUT2D eigenvalue weighted by Gasteiger charge is 2.02. The van der Waals surface area contributed by atoms with E-state index in [-0.39, 0.29) is 0 Å². The van der Waals surface area contributed by atoms with Gasteiger partial charge in [-0.2, -0.15) is 0 Å². The minimum Gasteiger partial charge on any atom is -0.345 e. The Bertz CT molecular complexity index is 402. The zero-order valence-corrected chi connectivity index (χ0v) is 9.43. The molecular weight excluding hydrogens is 196 g/mol. The van der Waals surface area contributed by atoms with E-state index in [1.54, 1.807) is 12.2 Å². The number of allylic oxidation sites excluding steroid dienone is 4. The molecule has 0 spiro atoms. The van der Waals surface area contributed by atoms with Crippen LogP contribution in [0.4, 0.5) is 5.69 Å². The van der Waals surface area contributed by atoms with Crippen LogP contribution in [0.3, 0.4) is 0 Å². The van der Waals surface area contributed by atoms with Crippen molar-refractivity contribution >= 4 is 11.9 Å². The molecule has 2 heteroatoms. The van der Waals surface area contributed by atoms with Crippen LogP contribution in [0.25, 0.3) is 0 Å². The normalized spacial score (nSPS) is 11.4. The minimum atomic E-state index is 0.945. The van der Waals surface area contributed by atoms with Gasteiger partial charge in [0.25, 0.3) is 0 Å². The Kier molecular flexibility index (Phi) is 4.80. The Morgan fingerprint density at radius 2 is 2.00 bits per heavy atom. The first-order valence-corrected chi connectivity index (χ1v) is 5.08. The number of anilines is 1. The van der Waals surface area contributed by atoms with E-state index in [1.807, 2.05) is 54.4 Å². The maximum absolute atomic E-state index is 7.14. The highest BCUT2D eigenvalue weighted by Crippen LogP contribution is 2.16. The Morgan fingerprint density at radius 3 is 2.56 bits per heavy atom. The molecule has 0 aliphatic rings. The van der Waals surface area contributed by atoms with Gasteiger partial charge in [-0.1, -0.05) is 36.9 Å². The van der Waals surface area contributed by atoms with Crippen LogP contribution in [0.5, 0.6) is 0 Å². The van der Waals surface area contributed by atoms with Crippen LogP contribution in [0, 0.1) is 5.41 Å². The fraction of sp³-hybridized carbons (Fsp3) is 0.0714. The van der Waals surface area contributed by atoms with Gasteiger partial charge < -0.3 is 10.3 Å². The summed E-state index contributed by atoms with van der Waals surface area (Å²) < 4.78 is 0. The maximum atomic E-state index is 7.14. The van der Waals surface area contributed by atoms with Crippen LogP contribution >= 0.6 is 0 Å². The summed E-state index contributed by atoms with van der Waals surface area (Å²) in [4.78, 5) is 2.02. The smallest absolute Gasteiger partial charge is 0.0423 e. The predicted molar refractivity (Wildman–Crippen MR) is 71.0 cm³/mol. The number of hydrogen-bond acceptors (Lipinski definition) is 2. The zero-order chi connectivity index (χ0) is 11.8. The maximum Gasteiger partial charge on any atom is 0.0423 e. The third kappa shape index (κ3) is 3.24. The van der Waals surface area contributed by atoms with Crippen LogP contribution in [0.1, 0.15) is 0 Å². The van der Waals surface area contributed by atoms with Crippen LogP contribution in [-0.2, 0) is 0 Å². The standard InChI is InChI=1S/C14H16N2/c1-3-4-8-14(11-12-15)16(2)13-9-6-5-7-10-13/h3-12,15H,1H2,2H3/b8-4-,14-11+,15-12?. The molecule has 0 saturated heterocycles. The molecule has 0 atom stereocenters. The van der Waals surface area contributed by atoms with Crippen molar-refractivity contribution in [1.82, 2.24) is 0 Å². The Balaban J connectivity index is 2.96. The van der Waals surface area contributed by atoms with Crippen molar-refractivity contribution in [2.75, 3.05) is 11.9 Å². The van der Waals surface area contributed by atoms with E-state index in [4.69, 9.17) is 5.41 Å². The monoisotopic (exact) mass is 212 g/mol. The van der Waals surface area contributed by atoms with Crippen molar-refractivity contribution in [2.24, 2.45) is 0 Å². The molecule has 0 aliphatic carbocycles. The average molecular weight is 212 g/mol. The first kappa shape index (κ1) is 12.0. The lowest BCUT2D eigenvalue weighted by Crippen LogP contribution is -2.14. The van der Waals surface area contributed by atoms with Crippen molar-refractivity contribution < 1.29 is 0 Å². The Labute approximate surface area is 96.7 Å². The summed E-state index contributed by atoms with van der Waals surface area (Å²) in [5, 5.41) is 7.14. The van der Waals surface area contributed by atoms with E-state index >= 15 is 0 Å². The fourth-order valence-electron chi connectivity index (χ4n) is 1.33. The molecule has 82 valence electrons. The lowest BCUT2D eigenvalue weighted by atomic mass is 10.2. The van der Waals surface area contributed by atoms with Crippen molar-refractivity contribution in [2.45, 2.75) is 0 Å². The Morgan fingerprint density at radius 1 is 1.31 bits per heavy atom. The van der Waals surface area contributed by atoms with E-state index in [1.165, 1.54) is 6.21 Å². The average Bonchev–Trinajstić information content (AvgIpc) is 2.35. The van der Waals surface area contributed by atoms with Gasteiger partial charge in [-0.15, -0.1) is 0 Å². The number of para-hydroxylation sites is 1.